The summed E-state index contributed by atoms with van der Waals surface area (Å²) in [5.74, 6) is -21.5. The third-order valence-corrected chi connectivity index (χ3v) is 2.19. The molecule has 0 heterocycles. The second kappa shape index (κ2) is 7.59. The van der Waals surface area contributed by atoms with Gasteiger partial charge in [0.25, 0.3) is 0 Å². The summed E-state index contributed by atoms with van der Waals surface area (Å²) in [6.07, 6.45) is -4.46. The Morgan fingerprint density at radius 3 is 1.78 bits per heavy atom. The van der Waals surface area contributed by atoms with E-state index < -0.39 is 42.7 Å². The van der Waals surface area contributed by atoms with Crippen LogP contribution in [-0.4, -0.2) is 49.3 Å². The lowest BCUT2D eigenvalue weighted by atomic mass is 10.1. The fourth-order valence-electron chi connectivity index (χ4n) is 1.01. The Bertz CT molecular complexity index is 461. The van der Waals surface area contributed by atoms with Gasteiger partial charge in [-0.15, -0.1) is 0 Å². The first-order valence-corrected chi connectivity index (χ1v) is 5.72. The van der Waals surface area contributed by atoms with Crippen molar-refractivity contribution in [3.8, 4) is 0 Å². The summed E-state index contributed by atoms with van der Waals surface area (Å²) in [6, 6.07) is 0. The first-order valence-electron chi connectivity index (χ1n) is 5.72. The summed E-state index contributed by atoms with van der Waals surface area (Å²) in [5.41, 5.74) is 0. The first-order chi connectivity index (χ1) is 10.3. The van der Waals surface area contributed by atoms with Crippen LogP contribution in [0.3, 0.4) is 0 Å². The van der Waals surface area contributed by atoms with E-state index in [4.69, 9.17) is 0 Å². The maximum absolute atomic E-state index is 13.0. The zero-order chi connectivity index (χ0) is 18.5. The standard InChI is InChI=1S/C11H10F8O4/c1-2-22-6(20)3-4-7(21)23-5-9(14,15)11(18,19)10(16,17)8(12)13/h3-4,8H,2,5H2,1H3/b4-3+. The van der Waals surface area contributed by atoms with Gasteiger partial charge in [0.1, 0.15) is 0 Å². The molecule has 134 valence electrons. The molecular weight excluding hydrogens is 348 g/mol. The van der Waals surface area contributed by atoms with Crippen molar-refractivity contribution in [3.05, 3.63) is 12.2 Å². The topological polar surface area (TPSA) is 52.6 Å². The van der Waals surface area contributed by atoms with E-state index in [0.29, 0.717) is 6.08 Å². The fraction of sp³-hybridized carbons (Fsp3) is 0.636. The van der Waals surface area contributed by atoms with Gasteiger partial charge in [-0.1, -0.05) is 0 Å². The van der Waals surface area contributed by atoms with Crippen molar-refractivity contribution in [3.63, 3.8) is 0 Å². The molecular formula is C11H10F8O4. The minimum atomic E-state index is -6.47. The lowest BCUT2D eigenvalue weighted by Crippen LogP contribution is -2.59. The molecule has 4 nitrogen and oxygen atoms in total. The Kier molecular flexibility index (Phi) is 6.97. The van der Waals surface area contributed by atoms with E-state index in [1.54, 1.807) is 0 Å². The van der Waals surface area contributed by atoms with Crippen LogP contribution in [0.5, 0.6) is 0 Å². The number of carbonyl (C=O) groups excluding carboxylic acids is 2. The fourth-order valence-corrected chi connectivity index (χ4v) is 1.01. The van der Waals surface area contributed by atoms with E-state index in [0.717, 1.165) is 0 Å². The summed E-state index contributed by atoms with van der Waals surface area (Å²) < 4.78 is 108. The van der Waals surface area contributed by atoms with Gasteiger partial charge in [-0.25, -0.2) is 18.4 Å². The minimum absolute atomic E-state index is 0.0920. The molecule has 0 saturated heterocycles. The van der Waals surface area contributed by atoms with Gasteiger partial charge in [-0.2, -0.15) is 26.3 Å². The van der Waals surface area contributed by atoms with E-state index in [-0.39, 0.29) is 12.7 Å². The average Bonchev–Trinajstić information content (AvgIpc) is 2.42. The number of esters is 2. The molecule has 0 radical (unpaired) electrons. The predicted molar refractivity (Wildman–Crippen MR) is 57.6 cm³/mol. The van der Waals surface area contributed by atoms with Gasteiger partial charge in [-0.05, 0) is 6.92 Å². The van der Waals surface area contributed by atoms with Gasteiger partial charge in [0.2, 0.25) is 0 Å². The van der Waals surface area contributed by atoms with Crippen LogP contribution in [0, 0.1) is 0 Å². The van der Waals surface area contributed by atoms with Gasteiger partial charge in [0.05, 0.1) is 6.61 Å². The number of hydrogen-bond donors (Lipinski definition) is 0. The third kappa shape index (κ3) is 5.06. The minimum Gasteiger partial charge on any atom is -0.463 e. The number of rotatable bonds is 8. The molecule has 0 amide bonds. The molecule has 0 bridgehead atoms. The van der Waals surface area contributed by atoms with Crippen molar-refractivity contribution >= 4 is 11.9 Å². The predicted octanol–water partition coefficient (Wildman–Crippen LogP) is 2.82. The third-order valence-electron chi connectivity index (χ3n) is 2.19. The Morgan fingerprint density at radius 1 is 0.957 bits per heavy atom. The van der Waals surface area contributed by atoms with Gasteiger partial charge in [0, 0.05) is 12.2 Å². The quantitative estimate of drug-likeness (QED) is 0.380. The molecule has 0 N–H and O–H groups in total. The molecule has 0 aromatic rings. The molecule has 0 fully saturated rings. The number of hydrogen-bond acceptors (Lipinski definition) is 4. The van der Waals surface area contributed by atoms with Crippen LogP contribution < -0.4 is 0 Å². The second-order valence-corrected chi connectivity index (χ2v) is 3.90. The zero-order valence-corrected chi connectivity index (χ0v) is 11.3. The van der Waals surface area contributed by atoms with E-state index >= 15 is 0 Å². The van der Waals surface area contributed by atoms with Crippen LogP contribution in [0.15, 0.2) is 12.2 Å². The Morgan fingerprint density at radius 2 is 1.39 bits per heavy atom. The van der Waals surface area contributed by atoms with Crippen LogP contribution in [0.4, 0.5) is 35.1 Å². The SMILES string of the molecule is CCOC(=O)/C=C/C(=O)OCC(F)(F)C(F)(F)C(F)(F)C(F)F. The highest BCUT2D eigenvalue weighted by atomic mass is 19.4. The first kappa shape index (κ1) is 21.1. The highest BCUT2D eigenvalue weighted by molar-refractivity contribution is 5.91. The smallest absolute Gasteiger partial charge is 0.381 e. The molecule has 0 spiro atoms. The maximum atomic E-state index is 13.0. The number of ether oxygens (including phenoxy) is 2. The van der Waals surface area contributed by atoms with Crippen molar-refractivity contribution in [1.29, 1.82) is 0 Å². The Hall–Kier alpha value is -1.88. The number of halogens is 8. The van der Waals surface area contributed by atoms with Crippen LogP contribution in [-0.2, 0) is 19.1 Å². The highest BCUT2D eigenvalue weighted by Gasteiger charge is 2.75. The van der Waals surface area contributed by atoms with Gasteiger partial charge in [0.15, 0.2) is 6.61 Å². The van der Waals surface area contributed by atoms with Crippen LogP contribution in [0.1, 0.15) is 6.92 Å². The molecule has 0 unspecified atom stereocenters. The van der Waals surface area contributed by atoms with Crippen molar-refractivity contribution < 1.29 is 54.2 Å². The van der Waals surface area contributed by atoms with E-state index in [1.807, 2.05) is 0 Å². The van der Waals surface area contributed by atoms with Crippen LogP contribution >= 0.6 is 0 Å². The van der Waals surface area contributed by atoms with Crippen LogP contribution in [0.25, 0.3) is 0 Å². The van der Waals surface area contributed by atoms with Gasteiger partial charge >= 0.3 is 36.1 Å². The molecule has 0 aromatic heterocycles. The van der Waals surface area contributed by atoms with E-state index in [1.165, 1.54) is 6.92 Å². The highest BCUT2D eigenvalue weighted by Crippen LogP contribution is 2.48. The molecule has 0 saturated carbocycles. The maximum Gasteiger partial charge on any atom is 0.381 e. The van der Waals surface area contributed by atoms with Crippen molar-refractivity contribution in [2.75, 3.05) is 13.2 Å². The lowest BCUT2D eigenvalue weighted by molar-refractivity contribution is -0.344. The summed E-state index contributed by atoms with van der Waals surface area (Å²) in [6.45, 7) is -1.30. The van der Waals surface area contributed by atoms with Crippen molar-refractivity contribution in [2.45, 2.75) is 31.1 Å². The van der Waals surface area contributed by atoms with E-state index in [2.05, 4.69) is 9.47 Å². The Balaban J connectivity index is 4.88. The summed E-state index contributed by atoms with van der Waals surface area (Å²) >= 11 is 0. The average molecular weight is 358 g/mol. The molecule has 23 heavy (non-hydrogen) atoms. The molecule has 0 aliphatic carbocycles. The van der Waals surface area contributed by atoms with Gasteiger partial charge in [-0.3, -0.25) is 0 Å². The van der Waals surface area contributed by atoms with Crippen molar-refractivity contribution in [2.24, 2.45) is 0 Å². The zero-order valence-electron chi connectivity index (χ0n) is 11.3. The second-order valence-electron chi connectivity index (χ2n) is 3.90. The molecule has 0 atom stereocenters. The summed E-state index contributed by atoms with van der Waals surface area (Å²) in [4.78, 5) is 21.6. The molecule has 0 aliphatic heterocycles. The monoisotopic (exact) mass is 358 g/mol. The largest absolute Gasteiger partial charge is 0.463 e. The lowest BCUT2D eigenvalue weighted by Gasteiger charge is -2.31. The molecule has 12 heteroatoms. The molecule has 0 rings (SSSR count). The Labute approximate surface area is 124 Å². The summed E-state index contributed by atoms with van der Waals surface area (Å²) in [7, 11) is 0. The number of carbonyl (C=O) groups is 2. The van der Waals surface area contributed by atoms with Gasteiger partial charge < -0.3 is 9.47 Å². The number of alkyl halides is 8. The van der Waals surface area contributed by atoms with Crippen LogP contribution in [0.2, 0.25) is 0 Å². The summed E-state index contributed by atoms with van der Waals surface area (Å²) in [5, 5.41) is 0. The van der Waals surface area contributed by atoms with Crippen molar-refractivity contribution in [1.82, 2.24) is 0 Å². The van der Waals surface area contributed by atoms with E-state index in [9.17, 15) is 44.7 Å². The molecule has 0 aliphatic rings. The molecule has 0 aromatic carbocycles. The normalized spacial score (nSPS) is 13.5.